The molecular formula is C19H24N6. The van der Waals surface area contributed by atoms with Gasteiger partial charge in [-0.2, -0.15) is 10.2 Å². The van der Waals surface area contributed by atoms with Gasteiger partial charge in [-0.15, -0.1) is 0 Å². The molecular weight excluding hydrogens is 312 g/mol. The Balaban J connectivity index is 1.72. The Morgan fingerprint density at radius 1 is 1.24 bits per heavy atom. The highest BCUT2D eigenvalue weighted by atomic mass is 15.1. The minimum atomic E-state index is 0.552. The lowest BCUT2D eigenvalue weighted by Gasteiger charge is -2.12. The zero-order chi connectivity index (χ0) is 17.6. The molecule has 6 heteroatoms. The van der Waals surface area contributed by atoms with Crippen LogP contribution in [0.2, 0.25) is 0 Å². The topological polar surface area (TPSA) is 76.9 Å². The summed E-state index contributed by atoms with van der Waals surface area (Å²) in [6, 6.07) is 11.6. The van der Waals surface area contributed by atoms with Gasteiger partial charge in [0.2, 0.25) is 5.95 Å². The second kappa shape index (κ2) is 7.95. The number of nitriles is 1. The summed E-state index contributed by atoms with van der Waals surface area (Å²) in [4.78, 5) is 11.4. The molecule has 130 valence electrons. The Morgan fingerprint density at radius 3 is 2.80 bits per heavy atom. The fraction of sp³-hybridized carbons (Fsp3) is 0.421. The lowest BCUT2D eigenvalue weighted by molar-refractivity contribution is 0.405. The van der Waals surface area contributed by atoms with Crippen LogP contribution in [0.15, 0.2) is 30.3 Å². The van der Waals surface area contributed by atoms with Crippen molar-refractivity contribution in [1.29, 1.82) is 5.26 Å². The van der Waals surface area contributed by atoms with E-state index < -0.39 is 0 Å². The first kappa shape index (κ1) is 17.2. The average molecular weight is 336 g/mol. The van der Waals surface area contributed by atoms with E-state index in [1.807, 2.05) is 24.3 Å². The maximum absolute atomic E-state index is 9.04. The summed E-state index contributed by atoms with van der Waals surface area (Å²) < 4.78 is 0. The molecule has 6 nitrogen and oxygen atoms in total. The van der Waals surface area contributed by atoms with Gasteiger partial charge in [-0.05, 0) is 58.1 Å². The number of nitrogens with zero attached hydrogens (tertiary/aromatic N) is 4. The van der Waals surface area contributed by atoms with Gasteiger partial charge >= 0.3 is 0 Å². The third-order valence-electron chi connectivity index (χ3n) is 4.07. The van der Waals surface area contributed by atoms with Crippen LogP contribution in [0.3, 0.4) is 0 Å². The molecule has 1 aromatic carbocycles. The molecule has 2 aromatic rings. The van der Waals surface area contributed by atoms with E-state index in [-0.39, 0.29) is 0 Å². The Kier molecular flexibility index (Phi) is 5.46. The maximum atomic E-state index is 9.04. The molecule has 1 aromatic heterocycles. The van der Waals surface area contributed by atoms with Crippen molar-refractivity contribution in [3.05, 3.63) is 41.6 Å². The van der Waals surface area contributed by atoms with Gasteiger partial charge in [0.25, 0.3) is 0 Å². The van der Waals surface area contributed by atoms with Crippen LogP contribution in [-0.4, -0.2) is 42.1 Å². The lowest BCUT2D eigenvalue weighted by atomic mass is 10.2. The zero-order valence-electron chi connectivity index (χ0n) is 14.8. The molecule has 0 aliphatic heterocycles. The molecule has 1 heterocycles. The van der Waals surface area contributed by atoms with Crippen LogP contribution in [0.25, 0.3) is 0 Å². The highest BCUT2D eigenvalue weighted by Gasteiger charge is 2.26. The average Bonchev–Trinajstić information content (AvgIpc) is 3.44. The molecule has 0 atom stereocenters. The first-order valence-electron chi connectivity index (χ1n) is 8.69. The largest absolute Gasteiger partial charge is 0.354 e. The van der Waals surface area contributed by atoms with Gasteiger partial charge in [0, 0.05) is 24.2 Å². The van der Waals surface area contributed by atoms with Crippen molar-refractivity contribution in [1.82, 2.24) is 14.9 Å². The Labute approximate surface area is 148 Å². The normalized spacial score (nSPS) is 13.5. The standard InChI is InChI=1S/C19H24N6/c1-25(2)10-4-9-21-19-23-17(15-7-8-15)12-18(24-19)22-16-6-3-5-14(11-16)13-20/h3,5-6,11-12,15H,4,7-10H2,1-2H3,(H2,21,22,23,24). The second-order valence-electron chi connectivity index (χ2n) is 6.68. The molecule has 25 heavy (non-hydrogen) atoms. The number of hydrogen-bond donors (Lipinski definition) is 2. The predicted molar refractivity (Wildman–Crippen MR) is 100 cm³/mol. The van der Waals surface area contributed by atoms with Crippen molar-refractivity contribution < 1.29 is 0 Å². The van der Waals surface area contributed by atoms with Crippen LogP contribution in [0.5, 0.6) is 0 Å². The molecule has 1 aliphatic rings. The third kappa shape index (κ3) is 5.16. The van der Waals surface area contributed by atoms with Crippen molar-refractivity contribution in [2.75, 3.05) is 37.8 Å². The van der Waals surface area contributed by atoms with Gasteiger partial charge in [-0.1, -0.05) is 6.07 Å². The van der Waals surface area contributed by atoms with E-state index in [0.717, 1.165) is 36.7 Å². The summed E-state index contributed by atoms with van der Waals surface area (Å²) >= 11 is 0. The summed E-state index contributed by atoms with van der Waals surface area (Å²) in [5.74, 6) is 1.99. The van der Waals surface area contributed by atoms with Crippen molar-refractivity contribution >= 4 is 17.5 Å². The SMILES string of the molecule is CN(C)CCCNc1nc(Nc2cccc(C#N)c2)cc(C2CC2)n1. The molecule has 3 rings (SSSR count). The monoisotopic (exact) mass is 336 g/mol. The van der Waals surface area contributed by atoms with Crippen LogP contribution < -0.4 is 10.6 Å². The number of anilines is 3. The van der Waals surface area contributed by atoms with E-state index in [1.165, 1.54) is 12.8 Å². The van der Waals surface area contributed by atoms with Crippen molar-refractivity contribution in [3.63, 3.8) is 0 Å². The minimum Gasteiger partial charge on any atom is -0.354 e. The summed E-state index contributed by atoms with van der Waals surface area (Å²) in [6.07, 6.45) is 3.43. The number of hydrogen-bond acceptors (Lipinski definition) is 6. The molecule has 1 aliphatic carbocycles. The van der Waals surface area contributed by atoms with E-state index in [2.05, 4.69) is 45.7 Å². The number of rotatable bonds is 8. The van der Waals surface area contributed by atoms with Crippen molar-refractivity contribution in [2.24, 2.45) is 0 Å². The fourth-order valence-corrected chi connectivity index (χ4v) is 2.61. The van der Waals surface area contributed by atoms with E-state index in [0.29, 0.717) is 17.4 Å². The van der Waals surface area contributed by atoms with Crippen molar-refractivity contribution in [3.8, 4) is 6.07 Å². The van der Waals surface area contributed by atoms with Gasteiger partial charge in [0.05, 0.1) is 17.3 Å². The summed E-state index contributed by atoms with van der Waals surface area (Å²) in [5.41, 5.74) is 2.57. The maximum Gasteiger partial charge on any atom is 0.224 e. The van der Waals surface area contributed by atoms with Crippen LogP contribution in [0.4, 0.5) is 17.5 Å². The van der Waals surface area contributed by atoms with E-state index in [4.69, 9.17) is 5.26 Å². The third-order valence-corrected chi connectivity index (χ3v) is 4.07. The molecule has 0 bridgehead atoms. The Morgan fingerprint density at radius 2 is 2.08 bits per heavy atom. The quantitative estimate of drug-likeness (QED) is 0.720. The summed E-state index contributed by atoms with van der Waals surface area (Å²) in [6.45, 7) is 1.87. The van der Waals surface area contributed by atoms with Gasteiger partial charge in [0.1, 0.15) is 5.82 Å². The van der Waals surface area contributed by atoms with Crippen LogP contribution in [0.1, 0.15) is 36.4 Å². The molecule has 0 radical (unpaired) electrons. The van der Waals surface area contributed by atoms with E-state index in [9.17, 15) is 0 Å². The van der Waals surface area contributed by atoms with E-state index in [1.54, 1.807) is 6.07 Å². The van der Waals surface area contributed by atoms with Crippen LogP contribution in [-0.2, 0) is 0 Å². The van der Waals surface area contributed by atoms with Crippen LogP contribution >= 0.6 is 0 Å². The molecule has 0 unspecified atom stereocenters. The number of benzene rings is 1. The molecule has 1 fully saturated rings. The zero-order valence-corrected chi connectivity index (χ0v) is 14.8. The highest BCUT2D eigenvalue weighted by Crippen LogP contribution is 2.40. The van der Waals surface area contributed by atoms with Crippen molar-refractivity contribution in [2.45, 2.75) is 25.2 Å². The predicted octanol–water partition coefficient (Wildman–Crippen LogP) is 3.33. The molecule has 1 saturated carbocycles. The van der Waals surface area contributed by atoms with Gasteiger partial charge in [0.15, 0.2) is 0 Å². The van der Waals surface area contributed by atoms with Crippen LogP contribution in [0, 0.1) is 11.3 Å². The molecule has 0 saturated heterocycles. The Bertz CT molecular complexity index is 761. The lowest BCUT2D eigenvalue weighted by Crippen LogP contribution is -2.17. The smallest absolute Gasteiger partial charge is 0.224 e. The summed E-state index contributed by atoms with van der Waals surface area (Å²) in [5, 5.41) is 15.7. The number of nitrogens with one attached hydrogen (secondary N) is 2. The molecule has 2 N–H and O–H groups in total. The molecule has 0 amide bonds. The highest BCUT2D eigenvalue weighted by molar-refractivity contribution is 5.60. The van der Waals surface area contributed by atoms with Gasteiger partial charge < -0.3 is 15.5 Å². The van der Waals surface area contributed by atoms with Gasteiger partial charge in [-0.3, -0.25) is 0 Å². The van der Waals surface area contributed by atoms with E-state index >= 15 is 0 Å². The number of aromatic nitrogens is 2. The van der Waals surface area contributed by atoms with Gasteiger partial charge in [-0.25, -0.2) is 4.98 Å². The first-order chi connectivity index (χ1) is 12.1. The molecule has 0 spiro atoms. The Hall–Kier alpha value is -2.65. The summed E-state index contributed by atoms with van der Waals surface area (Å²) in [7, 11) is 4.14. The fourth-order valence-electron chi connectivity index (χ4n) is 2.61. The second-order valence-corrected chi connectivity index (χ2v) is 6.68. The first-order valence-corrected chi connectivity index (χ1v) is 8.69. The minimum absolute atomic E-state index is 0.552.